The van der Waals surface area contributed by atoms with Crippen molar-refractivity contribution in [2.75, 3.05) is 39.3 Å². The van der Waals surface area contributed by atoms with Crippen LogP contribution in [-0.4, -0.2) is 66.2 Å². The fraction of sp³-hybridized carbons (Fsp3) is 0.632. The number of likely N-dealkylation sites (tertiary alicyclic amines) is 1. The number of carbonyl (C=O) groups is 1. The van der Waals surface area contributed by atoms with E-state index < -0.39 is 5.97 Å². The Morgan fingerprint density at radius 1 is 1.33 bits per heavy atom. The number of hydrogen-bond donors (Lipinski definition) is 1. The van der Waals surface area contributed by atoms with E-state index in [4.69, 9.17) is 9.84 Å². The van der Waals surface area contributed by atoms with E-state index in [1.54, 1.807) is 0 Å². The number of carboxylic acids is 1. The van der Waals surface area contributed by atoms with Crippen LogP contribution in [0.3, 0.4) is 0 Å². The first-order valence-corrected chi connectivity index (χ1v) is 8.88. The molecule has 1 aromatic carbocycles. The van der Waals surface area contributed by atoms with Gasteiger partial charge in [-0.25, -0.2) is 0 Å². The van der Waals surface area contributed by atoms with Gasteiger partial charge in [-0.3, -0.25) is 14.6 Å². The van der Waals surface area contributed by atoms with Gasteiger partial charge in [-0.05, 0) is 63.5 Å². The van der Waals surface area contributed by atoms with Gasteiger partial charge in [-0.15, -0.1) is 0 Å². The SMILES string of the molecule is CCN(CC(=O)O)C1CCN(CCOc2cc(C)ccc2C)CC1. The zero-order valence-electron chi connectivity index (χ0n) is 15.1. The lowest BCUT2D eigenvalue weighted by molar-refractivity contribution is -0.139. The third-order valence-electron chi connectivity index (χ3n) is 4.83. The molecule has 0 unspecified atom stereocenters. The molecular weight excluding hydrogens is 304 g/mol. The fourth-order valence-corrected chi connectivity index (χ4v) is 3.33. The van der Waals surface area contributed by atoms with Crippen LogP contribution in [-0.2, 0) is 4.79 Å². The average molecular weight is 334 g/mol. The monoisotopic (exact) mass is 334 g/mol. The van der Waals surface area contributed by atoms with Crippen molar-refractivity contribution in [2.24, 2.45) is 0 Å². The molecule has 0 aromatic heterocycles. The molecule has 1 saturated heterocycles. The highest BCUT2D eigenvalue weighted by molar-refractivity contribution is 5.69. The van der Waals surface area contributed by atoms with E-state index >= 15 is 0 Å². The number of aryl methyl sites for hydroxylation is 2. The van der Waals surface area contributed by atoms with Crippen molar-refractivity contribution in [2.45, 2.75) is 39.7 Å². The molecule has 0 saturated carbocycles. The van der Waals surface area contributed by atoms with Crippen LogP contribution in [0.1, 0.15) is 30.9 Å². The first kappa shape index (κ1) is 18.7. The summed E-state index contributed by atoms with van der Waals surface area (Å²) >= 11 is 0. The van der Waals surface area contributed by atoms with E-state index in [0.717, 1.165) is 44.8 Å². The van der Waals surface area contributed by atoms with Gasteiger partial charge in [0.25, 0.3) is 0 Å². The van der Waals surface area contributed by atoms with E-state index in [1.165, 1.54) is 11.1 Å². The molecular formula is C19H30N2O3. The van der Waals surface area contributed by atoms with E-state index in [1.807, 2.05) is 6.92 Å². The molecule has 0 bridgehead atoms. The molecule has 0 atom stereocenters. The van der Waals surface area contributed by atoms with Crippen LogP contribution in [0.5, 0.6) is 5.75 Å². The molecule has 1 aliphatic rings. The van der Waals surface area contributed by atoms with Crippen LogP contribution in [0, 0.1) is 13.8 Å². The van der Waals surface area contributed by atoms with Crippen molar-refractivity contribution in [3.8, 4) is 5.75 Å². The van der Waals surface area contributed by atoms with Crippen LogP contribution >= 0.6 is 0 Å². The van der Waals surface area contributed by atoms with Crippen molar-refractivity contribution < 1.29 is 14.6 Å². The minimum absolute atomic E-state index is 0.150. The Kier molecular flexibility index (Phi) is 7.06. The smallest absolute Gasteiger partial charge is 0.317 e. The van der Waals surface area contributed by atoms with Crippen molar-refractivity contribution >= 4 is 5.97 Å². The molecule has 1 N–H and O–H groups in total. The van der Waals surface area contributed by atoms with Gasteiger partial charge in [0.2, 0.25) is 0 Å². The topological polar surface area (TPSA) is 53.0 Å². The molecule has 0 aliphatic carbocycles. The Balaban J connectivity index is 1.73. The van der Waals surface area contributed by atoms with Crippen molar-refractivity contribution in [3.63, 3.8) is 0 Å². The predicted molar refractivity (Wildman–Crippen MR) is 95.8 cm³/mol. The molecule has 0 radical (unpaired) electrons. The average Bonchev–Trinajstić information content (AvgIpc) is 2.56. The summed E-state index contributed by atoms with van der Waals surface area (Å²) in [5, 5.41) is 9.00. The second kappa shape index (κ2) is 9.04. The van der Waals surface area contributed by atoms with Crippen LogP contribution in [0.4, 0.5) is 0 Å². The molecule has 1 fully saturated rings. The van der Waals surface area contributed by atoms with E-state index in [0.29, 0.717) is 12.6 Å². The summed E-state index contributed by atoms with van der Waals surface area (Å²) in [6, 6.07) is 6.68. The van der Waals surface area contributed by atoms with Gasteiger partial charge < -0.3 is 9.84 Å². The zero-order valence-corrected chi connectivity index (χ0v) is 15.1. The lowest BCUT2D eigenvalue weighted by atomic mass is 10.0. The summed E-state index contributed by atoms with van der Waals surface area (Å²) in [6.45, 7) is 10.8. The van der Waals surface area contributed by atoms with Crippen LogP contribution in [0.15, 0.2) is 18.2 Å². The number of likely N-dealkylation sites (N-methyl/N-ethyl adjacent to an activating group) is 1. The number of aliphatic carboxylic acids is 1. The van der Waals surface area contributed by atoms with Gasteiger partial charge in [0.15, 0.2) is 0 Å². The highest BCUT2D eigenvalue weighted by Gasteiger charge is 2.24. The molecule has 5 heteroatoms. The van der Waals surface area contributed by atoms with E-state index in [-0.39, 0.29) is 6.54 Å². The number of carboxylic acid groups (broad SMARTS) is 1. The van der Waals surface area contributed by atoms with Crippen molar-refractivity contribution in [1.29, 1.82) is 0 Å². The third kappa shape index (κ3) is 5.49. The lowest BCUT2D eigenvalue weighted by Gasteiger charge is -2.37. The van der Waals surface area contributed by atoms with Crippen LogP contribution in [0.25, 0.3) is 0 Å². The molecule has 0 amide bonds. The summed E-state index contributed by atoms with van der Waals surface area (Å²) in [6.07, 6.45) is 2.06. The zero-order chi connectivity index (χ0) is 17.5. The van der Waals surface area contributed by atoms with Gasteiger partial charge in [0.1, 0.15) is 12.4 Å². The second-order valence-electron chi connectivity index (χ2n) is 6.65. The Bertz CT molecular complexity index is 539. The normalized spacial score (nSPS) is 16.5. The molecule has 1 aromatic rings. The first-order chi connectivity index (χ1) is 11.5. The Morgan fingerprint density at radius 3 is 2.67 bits per heavy atom. The van der Waals surface area contributed by atoms with E-state index in [2.05, 4.69) is 41.8 Å². The maximum atomic E-state index is 10.9. The summed E-state index contributed by atoms with van der Waals surface area (Å²) in [4.78, 5) is 15.4. The summed E-state index contributed by atoms with van der Waals surface area (Å²) in [5.41, 5.74) is 2.39. The Hall–Kier alpha value is -1.59. The fourth-order valence-electron chi connectivity index (χ4n) is 3.33. The standard InChI is InChI=1S/C19H30N2O3/c1-4-21(14-19(22)23)17-7-9-20(10-8-17)11-12-24-18-13-15(2)5-6-16(18)3/h5-6,13,17H,4,7-12,14H2,1-3H3,(H,22,23). The number of nitrogens with zero attached hydrogens (tertiary/aromatic N) is 2. The quantitative estimate of drug-likeness (QED) is 0.792. The minimum Gasteiger partial charge on any atom is -0.492 e. The molecule has 5 nitrogen and oxygen atoms in total. The van der Waals surface area contributed by atoms with Gasteiger partial charge in [-0.2, -0.15) is 0 Å². The number of hydrogen-bond acceptors (Lipinski definition) is 4. The third-order valence-corrected chi connectivity index (χ3v) is 4.83. The minimum atomic E-state index is -0.735. The molecule has 134 valence electrons. The highest BCUT2D eigenvalue weighted by atomic mass is 16.5. The predicted octanol–water partition coefficient (Wildman–Crippen LogP) is 2.55. The number of benzene rings is 1. The molecule has 1 aliphatic heterocycles. The summed E-state index contributed by atoms with van der Waals surface area (Å²) in [5.74, 6) is 0.240. The maximum absolute atomic E-state index is 10.9. The molecule has 1 heterocycles. The Morgan fingerprint density at radius 2 is 2.04 bits per heavy atom. The number of piperidine rings is 1. The molecule has 0 spiro atoms. The number of rotatable bonds is 8. The largest absolute Gasteiger partial charge is 0.492 e. The van der Waals surface area contributed by atoms with Gasteiger partial charge in [0.05, 0.1) is 6.54 Å². The van der Waals surface area contributed by atoms with Crippen molar-refractivity contribution in [3.05, 3.63) is 29.3 Å². The van der Waals surface area contributed by atoms with Crippen LogP contribution in [0.2, 0.25) is 0 Å². The number of ether oxygens (including phenoxy) is 1. The van der Waals surface area contributed by atoms with Crippen molar-refractivity contribution in [1.82, 2.24) is 9.80 Å². The van der Waals surface area contributed by atoms with E-state index in [9.17, 15) is 4.79 Å². The molecule has 24 heavy (non-hydrogen) atoms. The maximum Gasteiger partial charge on any atom is 0.317 e. The Labute approximate surface area is 145 Å². The van der Waals surface area contributed by atoms with Gasteiger partial charge in [0, 0.05) is 12.6 Å². The van der Waals surface area contributed by atoms with Crippen LogP contribution < -0.4 is 4.74 Å². The highest BCUT2D eigenvalue weighted by Crippen LogP contribution is 2.20. The summed E-state index contributed by atoms with van der Waals surface area (Å²) in [7, 11) is 0. The van der Waals surface area contributed by atoms with Gasteiger partial charge in [-0.1, -0.05) is 19.1 Å². The lowest BCUT2D eigenvalue weighted by Crippen LogP contribution is -2.47. The first-order valence-electron chi connectivity index (χ1n) is 8.88. The molecule has 2 rings (SSSR count). The summed E-state index contributed by atoms with van der Waals surface area (Å²) < 4.78 is 5.94. The van der Waals surface area contributed by atoms with Gasteiger partial charge >= 0.3 is 5.97 Å². The second-order valence-corrected chi connectivity index (χ2v) is 6.65.